The van der Waals surface area contributed by atoms with Gasteiger partial charge >= 0.3 is 0 Å². The van der Waals surface area contributed by atoms with E-state index in [4.69, 9.17) is 23.6 Å². The molecular weight excluding hydrogens is 473 g/mol. The summed E-state index contributed by atoms with van der Waals surface area (Å²) < 4.78 is 22.8. The summed E-state index contributed by atoms with van der Waals surface area (Å²) in [6.07, 6.45) is 6.25. The largest absolute Gasteiger partial charge is 0.469 e. The number of aliphatic imine (C=N–C) groups is 1. The molecule has 3 unspecified atom stereocenters. The number of rotatable bonds is 6. The summed E-state index contributed by atoms with van der Waals surface area (Å²) in [6, 6.07) is 3.94. The van der Waals surface area contributed by atoms with Crippen LogP contribution in [-0.2, 0) is 20.6 Å². The van der Waals surface area contributed by atoms with E-state index in [0.29, 0.717) is 5.92 Å². The van der Waals surface area contributed by atoms with Crippen LogP contribution >= 0.6 is 24.0 Å². The van der Waals surface area contributed by atoms with Crippen molar-refractivity contribution < 1.29 is 18.6 Å². The molecule has 158 valence electrons. The Kier molecular flexibility index (Phi) is 8.88. The zero-order valence-corrected chi connectivity index (χ0v) is 18.7. The minimum atomic E-state index is 0. The summed E-state index contributed by atoms with van der Waals surface area (Å²) in [7, 11) is 0. The molecule has 0 amide bonds. The lowest BCUT2D eigenvalue weighted by Gasteiger charge is -2.37. The smallest absolute Gasteiger partial charge is 0.194 e. The standard InChI is InChI=1S/C20H31N3O4.HI/c1-3-17(25-9-1)5-7-21-20(22-13-16-6-11-24-15-16)23-8-12-27-19(14-23)18-4-2-10-26-18;/h1,3,9,16,18-19H,2,4-8,10-15H2,(H,21,22);1H. The lowest BCUT2D eigenvalue weighted by atomic mass is 10.1. The molecule has 3 saturated heterocycles. The first-order valence-corrected chi connectivity index (χ1v) is 10.2. The molecule has 0 saturated carbocycles. The Hall–Kier alpha value is -0.840. The van der Waals surface area contributed by atoms with Gasteiger partial charge in [0.05, 0.1) is 25.6 Å². The van der Waals surface area contributed by atoms with Gasteiger partial charge in [-0.25, -0.2) is 0 Å². The van der Waals surface area contributed by atoms with Crippen molar-refractivity contribution in [3.63, 3.8) is 0 Å². The number of guanidine groups is 1. The van der Waals surface area contributed by atoms with E-state index < -0.39 is 0 Å². The second-order valence-electron chi connectivity index (χ2n) is 7.56. The van der Waals surface area contributed by atoms with Gasteiger partial charge in [0.15, 0.2) is 5.96 Å². The molecule has 1 aromatic heterocycles. The van der Waals surface area contributed by atoms with E-state index in [0.717, 1.165) is 90.0 Å². The Labute approximate surface area is 184 Å². The van der Waals surface area contributed by atoms with Gasteiger partial charge in [0.1, 0.15) is 11.9 Å². The lowest BCUT2D eigenvalue weighted by molar-refractivity contribution is -0.0817. The average molecular weight is 505 g/mol. The normalized spacial score (nSPS) is 28.4. The lowest BCUT2D eigenvalue weighted by Crippen LogP contribution is -2.53. The fraction of sp³-hybridized carbons (Fsp3) is 0.750. The van der Waals surface area contributed by atoms with E-state index in [1.54, 1.807) is 6.26 Å². The Morgan fingerprint density at radius 1 is 1.18 bits per heavy atom. The van der Waals surface area contributed by atoms with Gasteiger partial charge in [0.2, 0.25) is 0 Å². The maximum atomic E-state index is 6.00. The number of hydrogen-bond acceptors (Lipinski definition) is 5. The number of halogens is 1. The minimum absolute atomic E-state index is 0. The van der Waals surface area contributed by atoms with E-state index in [1.165, 1.54) is 0 Å². The van der Waals surface area contributed by atoms with Gasteiger partial charge in [-0.2, -0.15) is 0 Å². The van der Waals surface area contributed by atoms with Crippen LogP contribution in [0.25, 0.3) is 0 Å². The van der Waals surface area contributed by atoms with Crippen molar-refractivity contribution in [2.75, 3.05) is 52.6 Å². The maximum absolute atomic E-state index is 6.00. The van der Waals surface area contributed by atoms with Gasteiger partial charge in [-0.1, -0.05) is 0 Å². The van der Waals surface area contributed by atoms with Gasteiger partial charge in [-0.05, 0) is 31.4 Å². The Bertz CT molecular complexity index is 586. The molecule has 3 atom stereocenters. The number of hydrogen-bond donors (Lipinski definition) is 1. The molecule has 1 aromatic rings. The minimum Gasteiger partial charge on any atom is -0.469 e. The highest BCUT2D eigenvalue weighted by molar-refractivity contribution is 14.0. The molecule has 8 heteroatoms. The third-order valence-electron chi connectivity index (χ3n) is 5.53. The molecule has 7 nitrogen and oxygen atoms in total. The van der Waals surface area contributed by atoms with Crippen molar-refractivity contribution in [1.29, 1.82) is 0 Å². The van der Waals surface area contributed by atoms with Crippen molar-refractivity contribution in [1.82, 2.24) is 10.2 Å². The van der Waals surface area contributed by atoms with Crippen molar-refractivity contribution in [2.45, 2.75) is 37.9 Å². The van der Waals surface area contributed by atoms with E-state index in [1.807, 2.05) is 12.1 Å². The third-order valence-corrected chi connectivity index (χ3v) is 5.53. The van der Waals surface area contributed by atoms with E-state index in [9.17, 15) is 0 Å². The average Bonchev–Trinajstić information content (AvgIpc) is 3.48. The molecule has 0 aromatic carbocycles. The number of furan rings is 1. The van der Waals surface area contributed by atoms with Gasteiger partial charge in [0.25, 0.3) is 0 Å². The predicted molar refractivity (Wildman–Crippen MR) is 117 cm³/mol. The third kappa shape index (κ3) is 6.08. The van der Waals surface area contributed by atoms with Crippen LogP contribution in [0.3, 0.4) is 0 Å². The highest BCUT2D eigenvalue weighted by atomic mass is 127. The van der Waals surface area contributed by atoms with Crippen LogP contribution in [-0.4, -0.2) is 75.7 Å². The van der Waals surface area contributed by atoms with Crippen molar-refractivity contribution in [2.24, 2.45) is 10.9 Å². The summed E-state index contributed by atoms with van der Waals surface area (Å²) in [5.41, 5.74) is 0. The van der Waals surface area contributed by atoms with Crippen LogP contribution in [0.1, 0.15) is 25.0 Å². The van der Waals surface area contributed by atoms with Gasteiger partial charge in [-0.3, -0.25) is 4.99 Å². The zero-order valence-electron chi connectivity index (χ0n) is 16.4. The van der Waals surface area contributed by atoms with Gasteiger partial charge in [-0.15, -0.1) is 24.0 Å². The predicted octanol–water partition coefficient (Wildman–Crippen LogP) is 2.30. The van der Waals surface area contributed by atoms with Crippen LogP contribution in [0.5, 0.6) is 0 Å². The molecule has 0 radical (unpaired) electrons. The van der Waals surface area contributed by atoms with E-state index in [2.05, 4.69) is 10.2 Å². The molecule has 3 fully saturated rings. The van der Waals surface area contributed by atoms with Crippen LogP contribution in [0, 0.1) is 5.92 Å². The number of nitrogens with one attached hydrogen (secondary N) is 1. The highest BCUT2D eigenvalue weighted by Crippen LogP contribution is 2.21. The quantitative estimate of drug-likeness (QED) is 0.364. The van der Waals surface area contributed by atoms with Crippen LogP contribution in [0.2, 0.25) is 0 Å². The first-order valence-electron chi connectivity index (χ1n) is 10.2. The number of morpholine rings is 1. The van der Waals surface area contributed by atoms with E-state index in [-0.39, 0.29) is 36.2 Å². The highest BCUT2D eigenvalue weighted by Gasteiger charge is 2.32. The van der Waals surface area contributed by atoms with Gasteiger partial charge < -0.3 is 28.8 Å². The molecule has 0 bridgehead atoms. The summed E-state index contributed by atoms with van der Waals surface area (Å²) in [6.45, 7) is 6.56. The molecule has 4 heterocycles. The summed E-state index contributed by atoms with van der Waals surface area (Å²) in [5.74, 6) is 2.49. The molecule has 3 aliphatic heterocycles. The Morgan fingerprint density at radius 3 is 2.86 bits per heavy atom. The molecule has 4 rings (SSSR count). The van der Waals surface area contributed by atoms with E-state index >= 15 is 0 Å². The van der Waals surface area contributed by atoms with Gasteiger partial charge in [0, 0.05) is 51.7 Å². The molecule has 3 aliphatic rings. The summed E-state index contributed by atoms with van der Waals surface area (Å²) in [4.78, 5) is 7.26. The molecule has 28 heavy (non-hydrogen) atoms. The fourth-order valence-corrected chi connectivity index (χ4v) is 3.95. The van der Waals surface area contributed by atoms with Crippen molar-refractivity contribution in [3.8, 4) is 0 Å². The van der Waals surface area contributed by atoms with Crippen molar-refractivity contribution in [3.05, 3.63) is 24.2 Å². The molecular formula is C20H32IN3O4. The summed E-state index contributed by atoms with van der Waals surface area (Å²) in [5, 5.41) is 3.54. The summed E-state index contributed by atoms with van der Waals surface area (Å²) >= 11 is 0. The Balaban J connectivity index is 0.00000225. The fourth-order valence-electron chi connectivity index (χ4n) is 3.95. The SMILES string of the molecule is I.c1coc(CCNC(=NCC2CCOC2)N2CCOC(C3CCCO3)C2)c1. The second-order valence-corrected chi connectivity index (χ2v) is 7.56. The van der Waals surface area contributed by atoms with Crippen LogP contribution in [0.4, 0.5) is 0 Å². The maximum Gasteiger partial charge on any atom is 0.194 e. The topological polar surface area (TPSA) is 68.5 Å². The second kappa shape index (κ2) is 11.4. The van der Waals surface area contributed by atoms with Crippen molar-refractivity contribution >= 4 is 29.9 Å². The van der Waals surface area contributed by atoms with Crippen LogP contribution < -0.4 is 5.32 Å². The van der Waals surface area contributed by atoms with Crippen LogP contribution in [0.15, 0.2) is 27.8 Å². The first kappa shape index (κ1) is 21.9. The number of nitrogens with zero attached hydrogens (tertiary/aromatic N) is 2. The molecule has 0 aliphatic carbocycles. The molecule has 1 N–H and O–H groups in total. The molecule has 0 spiro atoms. The zero-order chi connectivity index (χ0) is 18.3. The Morgan fingerprint density at radius 2 is 2.11 bits per heavy atom. The monoisotopic (exact) mass is 505 g/mol. The number of ether oxygens (including phenoxy) is 3. The first-order chi connectivity index (χ1) is 13.4.